The Morgan fingerprint density at radius 3 is 2.28 bits per heavy atom. The number of rotatable bonds is 1. The van der Waals surface area contributed by atoms with E-state index in [1.165, 1.54) is 6.92 Å². The molecule has 0 atom stereocenters. The Labute approximate surface area is 99.6 Å². The van der Waals surface area contributed by atoms with Crippen LogP contribution >= 0.6 is 0 Å². The number of nitrogens with zero attached hydrogens (tertiary/aromatic N) is 1. The Morgan fingerprint density at radius 1 is 1.22 bits per heavy atom. The third-order valence-corrected chi connectivity index (χ3v) is 2.68. The molecule has 3 nitrogen and oxygen atoms in total. The average molecular weight is 263 g/mol. The standard InChI is InChI=1S/C11H9F4NO2/c1-11(18)3-16(4-11)10(17)5-2-6(12)8(14)9(15)7(5)13/h2,18H,3-4H2,1H3. The van der Waals surface area contributed by atoms with Crippen molar-refractivity contribution in [1.29, 1.82) is 0 Å². The van der Waals surface area contributed by atoms with E-state index in [1.54, 1.807) is 0 Å². The molecule has 0 bridgehead atoms. The minimum Gasteiger partial charge on any atom is -0.386 e. The van der Waals surface area contributed by atoms with Crippen molar-refractivity contribution in [2.45, 2.75) is 12.5 Å². The van der Waals surface area contributed by atoms with Crippen LogP contribution in [0.1, 0.15) is 17.3 Å². The molecule has 0 saturated carbocycles. The van der Waals surface area contributed by atoms with Crippen LogP contribution in [0, 0.1) is 23.3 Å². The zero-order chi connectivity index (χ0) is 13.7. The molecule has 0 spiro atoms. The second-order valence-electron chi connectivity index (χ2n) is 4.51. The van der Waals surface area contributed by atoms with Crippen LogP contribution in [0.4, 0.5) is 17.6 Å². The van der Waals surface area contributed by atoms with Gasteiger partial charge < -0.3 is 10.0 Å². The first kappa shape index (κ1) is 12.8. The second-order valence-corrected chi connectivity index (χ2v) is 4.51. The molecule has 2 rings (SSSR count). The molecule has 1 aliphatic rings. The van der Waals surface area contributed by atoms with Crippen LogP contribution in [0.25, 0.3) is 0 Å². The number of hydrogen-bond acceptors (Lipinski definition) is 2. The molecule has 1 N–H and O–H groups in total. The average Bonchev–Trinajstić information content (AvgIpc) is 2.27. The Morgan fingerprint density at radius 2 is 1.78 bits per heavy atom. The van der Waals surface area contributed by atoms with Crippen molar-refractivity contribution in [3.63, 3.8) is 0 Å². The van der Waals surface area contributed by atoms with Crippen molar-refractivity contribution in [3.8, 4) is 0 Å². The van der Waals surface area contributed by atoms with Gasteiger partial charge in [-0.2, -0.15) is 0 Å². The lowest BCUT2D eigenvalue weighted by Crippen LogP contribution is -2.61. The van der Waals surface area contributed by atoms with E-state index >= 15 is 0 Å². The summed E-state index contributed by atoms with van der Waals surface area (Å²) in [6.45, 7) is 1.30. The van der Waals surface area contributed by atoms with Crippen LogP contribution in [0.2, 0.25) is 0 Å². The maximum atomic E-state index is 13.3. The number of β-amino-alcohol motifs (C(OH)–C–C–N with tert-alkyl or cyclic N) is 1. The Balaban J connectivity index is 2.32. The van der Waals surface area contributed by atoms with E-state index in [0.717, 1.165) is 4.90 Å². The highest BCUT2D eigenvalue weighted by Crippen LogP contribution is 2.25. The zero-order valence-corrected chi connectivity index (χ0v) is 9.31. The van der Waals surface area contributed by atoms with Crippen LogP contribution < -0.4 is 0 Å². The van der Waals surface area contributed by atoms with Gasteiger partial charge in [0.2, 0.25) is 0 Å². The van der Waals surface area contributed by atoms with Crippen molar-refractivity contribution in [2.24, 2.45) is 0 Å². The molecule has 0 aromatic heterocycles. The first-order valence-corrected chi connectivity index (χ1v) is 5.07. The van der Waals surface area contributed by atoms with Crippen LogP contribution in [0.15, 0.2) is 6.07 Å². The number of halogens is 4. The van der Waals surface area contributed by atoms with Gasteiger partial charge in [0.05, 0.1) is 24.3 Å². The van der Waals surface area contributed by atoms with Crippen LogP contribution in [0.3, 0.4) is 0 Å². The summed E-state index contributed by atoms with van der Waals surface area (Å²) >= 11 is 0. The molecular weight excluding hydrogens is 254 g/mol. The first-order chi connectivity index (χ1) is 8.23. The number of aliphatic hydroxyl groups is 1. The lowest BCUT2D eigenvalue weighted by Gasteiger charge is -2.44. The van der Waals surface area contributed by atoms with E-state index in [0.29, 0.717) is 6.07 Å². The molecule has 1 fully saturated rings. The van der Waals surface area contributed by atoms with Crippen molar-refractivity contribution in [2.75, 3.05) is 13.1 Å². The Hall–Kier alpha value is -1.63. The highest BCUT2D eigenvalue weighted by Gasteiger charge is 2.41. The minimum atomic E-state index is -2.02. The predicted octanol–water partition coefficient (Wildman–Crippen LogP) is 1.45. The van der Waals surface area contributed by atoms with Crippen molar-refractivity contribution in [3.05, 3.63) is 34.9 Å². The smallest absolute Gasteiger partial charge is 0.257 e. The van der Waals surface area contributed by atoms with Gasteiger partial charge in [-0.1, -0.05) is 0 Å². The lowest BCUT2D eigenvalue weighted by atomic mass is 9.96. The van der Waals surface area contributed by atoms with Gasteiger partial charge >= 0.3 is 0 Å². The summed E-state index contributed by atoms with van der Waals surface area (Å²) < 4.78 is 51.9. The van der Waals surface area contributed by atoms with Gasteiger partial charge in [-0.05, 0) is 13.0 Å². The second kappa shape index (κ2) is 3.94. The first-order valence-electron chi connectivity index (χ1n) is 5.07. The summed E-state index contributed by atoms with van der Waals surface area (Å²) in [5, 5.41) is 9.41. The molecule has 1 heterocycles. The molecule has 0 unspecified atom stereocenters. The van der Waals surface area contributed by atoms with E-state index in [2.05, 4.69) is 0 Å². The SMILES string of the molecule is CC1(O)CN(C(=O)c2cc(F)c(F)c(F)c2F)C1. The molecule has 7 heteroatoms. The van der Waals surface area contributed by atoms with Crippen molar-refractivity contribution in [1.82, 2.24) is 4.90 Å². The summed E-state index contributed by atoms with van der Waals surface area (Å²) in [6.07, 6.45) is 0. The van der Waals surface area contributed by atoms with Crippen molar-refractivity contribution >= 4 is 5.91 Å². The summed E-state index contributed by atoms with van der Waals surface area (Å²) in [6, 6.07) is 0.309. The Bertz CT molecular complexity index is 522. The molecule has 0 radical (unpaired) electrons. The van der Waals surface area contributed by atoms with Crippen LogP contribution in [0.5, 0.6) is 0 Å². The zero-order valence-electron chi connectivity index (χ0n) is 9.31. The van der Waals surface area contributed by atoms with E-state index in [4.69, 9.17) is 0 Å². The fraction of sp³-hybridized carbons (Fsp3) is 0.364. The third-order valence-electron chi connectivity index (χ3n) is 2.68. The molecule has 0 aliphatic carbocycles. The van der Waals surface area contributed by atoms with Gasteiger partial charge in [-0.3, -0.25) is 4.79 Å². The van der Waals surface area contributed by atoms with E-state index in [-0.39, 0.29) is 13.1 Å². The molecule has 1 amide bonds. The largest absolute Gasteiger partial charge is 0.386 e. The topological polar surface area (TPSA) is 40.5 Å². The van der Waals surface area contributed by atoms with Crippen LogP contribution in [-0.4, -0.2) is 34.6 Å². The van der Waals surface area contributed by atoms with Gasteiger partial charge in [0, 0.05) is 0 Å². The van der Waals surface area contributed by atoms with Gasteiger partial charge in [-0.25, -0.2) is 17.6 Å². The molecule has 98 valence electrons. The summed E-state index contributed by atoms with van der Waals surface area (Å²) in [5.41, 5.74) is -1.98. The molecule has 1 aliphatic heterocycles. The predicted molar refractivity (Wildman–Crippen MR) is 52.8 cm³/mol. The summed E-state index contributed by atoms with van der Waals surface area (Å²) in [5.74, 6) is -8.34. The highest BCUT2D eigenvalue weighted by atomic mass is 19.2. The number of carbonyl (C=O) groups excluding carboxylic acids is 1. The maximum Gasteiger partial charge on any atom is 0.257 e. The van der Waals surface area contributed by atoms with Crippen molar-refractivity contribution < 1.29 is 27.5 Å². The quantitative estimate of drug-likeness (QED) is 0.473. The van der Waals surface area contributed by atoms with Gasteiger partial charge in [0.25, 0.3) is 5.91 Å². The lowest BCUT2D eigenvalue weighted by molar-refractivity contribution is -0.0670. The van der Waals surface area contributed by atoms with Crippen LogP contribution in [-0.2, 0) is 0 Å². The molecule has 18 heavy (non-hydrogen) atoms. The normalized spacial score (nSPS) is 17.6. The fourth-order valence-electron chi connectivity index (χ4n) is 1.82. The number of hydrogen-bond donors (Lipinski definition) is 1. The van der Waals surface area contributed by atoms with E-state index in [1.807, 2.05) is 0 Å². The Kier molecular flexibility index (Phi) is 2.81. The molecule has 1 aromatic carbocycles. The third kappa shape index (κ3) is 1.94. The summed E-state index contributed by atoms with van der Waals surface area (Å²) in [4.78, 5) is 12.7. The number of likely N-dealkylation sites (tertiary alicyclic amines) is 1. The molecule has 1 saturated heterocycles. The van der Waals surface area contributed by atoms with Gasteiger partial charge in [-0.15, -0.1) is 0 Å². The fourth-order valence-corrected chi connectivity index (χ4v) is 1.82. The number of amides is 1. The number of benzene rings is 1. The minimum absolute atomic E-state index is 0.0775. The molecule has 1 aromatic rings. The maximum absolute atomic E-state index is 13.3. The number of carbonyl (C=O) groups is 1. The summed E-state index contributed by atoms with van der Waals surface area (Å²) in [7, 11) is 0. The van der Waals surface area contributed by atoms with E-state index < -0.39 is 40.3 Å². The van der Waals surface area contributed by atoms with Gasteiger partial charge in [0.1, 0.15) is 0 Å². The van der Waals surface area contributed by atoms with E-state index in [9.17, 15) is 27.5 Å². The van der Waals surface area contributed by atoms with Gasteiger partial charge in [0.15, 0.2) is 23.3 Å². The molecular formula is C11H9F4NO2. The monoisotopic (exact) mass is 263 g/mol. The highest BCUT2D eigenvalue weighted by molar-refractivity contribution is 5.95.